The molecule has 2 atom stereocenters. The summed E-state index contributed by atoms with van der Waals surface area (Å²) in [5.74, 6) is 0.775. The third kappa shape index (κ3) is 4.72. The monoisotopic (exact) mass is 348 g/mol. The fourth-order valence-electron chi connectivity index (χ4n) is 4.01. The number of rotatable bonds is 1. The normalized spacial score (nSPS) is 25.8. The van der Waals surface area contributed by atoms with E-state index in [-0.39, 0.29) is 24.4 Å². The van der Waals surface area contributed by atoms with Gasteiger partial charge in [-0.05, 0) is 69.2 Å². The van der Waals surface area contributed by atoms with E-state index in [2.05, 4.69) is 24.1 Å². The van der Waals surface area contributed by atoms with Crippen molar-refractivity contribution in [2.45, 2.75) is 58.0 Å². The molecule has 1 saturated heterocycles. The Bertz CT molecular complexity index is 605. The van der Waals surface area contributed by atoms with E-state index in [4.69, 9.17) is 4.74 Å². The predicted octanol–water partition coefficient (Wildman–Crippen LogP) is 3.15. The highest BCUT2D eigenvalue weighted by molar-refractivity contribution is 5.78. The zero-order valence-electron chi connectivity index (χ0n) is 15.3. The summed E-state index contributed by atoms with van der Waals surface area (Å²) in [6.07, 6.45) is 4.98. The van der Waals surface area contributed by atoms with Crippen LogP contribution >= 0.6 is 0 Å². The number of nitrogens with one attached hydrogen (secondary N) is 1. The molecule has 1 N–H and O–H groups in total. The van der Waals surface area contributed by atoms with E-state index in [1.54, 1.807) is 6.07 Å². The number of nitrogens with zero attached hydrogens (tertiary/aromatic N) is 1. The van der Waals surface area contributed by atoms with E-state index in [1.165, 1.54) is 12.1 Å². The molecule has 2 aliphatic rings. The van der Waals surface area contributed by atoms with Crippen LogP contribution in [-0.4, -0.2) is 42.6 Å². The van der Waals surface area contributed by atoms with Gasteiger partial charge in [-0.1, -0.05) is 6.42 Å². The van der Waals surface area contributed by atoms with Crippen molar-refractivity contribution < 1.29 is 13.9 Å². The van der Waals surface area contributed by atoms with Crippen LogP contribution in [0.1, 0.15) is 45.1 Å². The molecule has 0 spiro atoms. The molecule has 1 amide bonds. The van der Waals surface area contributed by atoms with Crippen LogP contribution in [0.3, 0.4) is 0 Å². The van der Waals surface area contributed by atoms with Gasteiger partial charge < -0.3 is 15.0 Å². The Morgan fingerprint density at radius 2 is 2.12 bits per heavy atom. The minimum Gasteiger partial charge on any atom is -0.483 e. The summed E-state index contributed by atoms with van der Waals surface area (Å²) in [6.45, 7) is 6.52. The summed E-state index contributed by atoms with van der Waals surface area (Å²) in [7, 11) is 0. The molecule has 4 nitrogen and oxygen atoms in total. The van der Waals surface area contributed by atoms with Crippen LogP contribution in [0, 0.1) is 11.7 Å². The number of hydrogen-bond acceptors (Lipinski definition) is 3. The van der Waals surface area contributed by atoms with Gasteiger partial charge in [-0.2, -0.15) is 0 Å². The van der Waals surface area contributed by atoms with Crippen molar-refractivity contribution in [3.63, 3.8) is 0 Å². The largest absolute Gasteiger partial charge is 0.483 e. The molecule has 1 fully saturated rings. The highest BCUT2D eigenvalue weighted by Gasteiger charge is 2.31. The number of hydrogen-bond donors (Lipinski definition) is 1. The number of likely N-dealkylation sites (tertiary alicyclic amines) is 1. The van der Waals surface area contributed by atoms with E-state index in [0.717, 1.165) is 50.8 Å². The molecule has 0 radical (unpaired) electrons. The van der Waals surface area contributed by atoms with Crippen molar-refractivity contribution in [2.75, 3.05) is 19.7 Å². The summed E-state index contributed by atoms with van der Waals surface area (Å²) < 4.78 is 19.2. The molecule has 0 saturated carbocycles. The molecule has 0 unspecified atom stereocenters. The first kappa shape index (κ1) is 18.2. The van der Waals surface area contributed by atoms with Crippen LogP contribution in [0.4, 0.5) is 4.39 Å². The van der Waals surface area contributed by atoms with Crippen molar-refractivity contribution in [3.05, 3.63) is 29.6 Å². The number of piperidine rings is 1. The Morgan fingerprint density at radius 1 is 1.28 bits per heavy atom. The highest BCUT2D eigenvalue weighted by atomic mass is 19.1. The summed E-state index contributed by atoms with van der Waals surface area (Å²) in [5, 5.41) is 3.17. The Balaban J connectivity index is 1.72. The lowest BCUT2D eigenvalue weighted by atomic mass is 9.86. The molecule has 0 bridgehead atoms. The Kier molecular flexibility index (Phi) is 5.94. The molecular formula is C20H29FN2O2. The van der Waals surface area contributed by atoms with E-state index < -0.39 is 0 Å². The van der Waals surface area contributed by atoms with Gasteiger partial charge in [-0.15, -0.1) is 0 Å². The maximum atomic E-state index is 13.5. The maximum absolute atomic E-state index is 13.5. The number of halogens is 1. The molecule has 138 valence electrons. The molecule has 1 aromatic carbocycles. The highest BCUT2D eigenvalue weighted by Crippen LogP contribution is 2.27. The smallest absolute Gasteiger partial charge is 0.258 e. The first-order valence-corrected chi connectivity index (χ1v) is 9.47. The number of aryl methyl sites for hydroxylation is 1. The summed E-state index contributed by atoms with van der Waals surface area (Å²) in [5.41, 5.74) is 0.859. The van der Waals surface area contributed by atoms with Crippen LogP contribution in [0.15, 0.2) is 18.2 Å². The molecule has 25 heavy (non-hydrogen) atoms. The SMILES string of the molecule is CC(C)N1CC[C@@H]2NC(=O)COc3ccc(F)cc3CCCC[C@@H]2C1. The van der Waals surface area contributed by atoms with Crippen LogP contribution in [-0.2, 0) is 11.2 Å². The van der Waals surface area contributed by atoms with Crippen LogP contribution in [0.2, 0.25) is 0 Å². The van der Waals surface area contributed by atoms with Gasteiger partial charge in [0.2, 0.25) is 0 Å². The number of fused-ring (bicyclic) bond motifs is 2. The first-order valence-electron chi connectivity index (χ1n) is 9.47. The molecule has 2 heterocycles. The van der Waals surface area contributed by atoms with Gasteiger partial charge in [0.25, 0.3) is 5.91 Å². The molecule has 5 heteroatoms. The first-order chi connectivity index (χ1) is 12.0. The average molecular weight is 348 g/mol. The Labute approximate surface area is 149 Å². The predicted molar refractivity (Wildman–Crippen MR) is 96.2 cm³/mol. The van der Waals surface area contributed by atoms with Gasteiger partial charge in [0.15, 0.2) is 6.61 Å². The van der Waals surface area contributed by atoms with Crippen molar-refractivity contribution in [2.24, 2.45) is 5.92 Å². The number of ether oxygens (including phenoxy) is 1. The van der Waals surface area contributed by atoms with E-state index in [1.807, 2.05) is 0 Å². The van der Waals surface area contributed by atoms with Gasteiger partial charge in [0.05, 0.1) is 0 Å². The van der Waals surface area contributed by atoms with Gasteiger partial charge in [0.1, 0.15) is 11.6 Å². The topological polar surface area (TPSA) is 41.6 Å². The third-order valence-electron chi connectivity index (χ3n) is 5.49. The number of carbonyl (C=O) groups excluding carboxylic acids is 1. The maximum Gasteiger partial charge on any atom is 0.258 e. The summed E-state index contributed by atoms with van der Waals surface area (Å²) in [6, 6.07) is 5.33. The minimum absolute atomic E-state index is 0.00422. The van der Waals surface area contributed by atoms with Crippen LogP contribution < -0.4 is 10.1 Å². The second kappa shape index (κ2) is 8.17. The third-order valence-corrected chi connectivity index (χ3v) is 5.49. The second-order valence-corrected chi connectivity index (χ2v) is 7.60. The van der Waals surface area contributed by atoms with Crippen LogP contribution in [0.25, 0.3) is 0 Å². The summed E-state index contributed by atoms with van der Waals surface area (Å²) in [4.78, 5) is 14.8. The van der Waals surface area contributed by atoms with E-state index >= 15 is 0 Å². The van der Waals surface area contributed by atoms with Gasteiger partial charge in [-0.25, -0.2) is 4.39 Å². The van der Waals surface area contributed by atoms with Crippen molar-refractivity contribution in [1.82, 2.24) is 10.2 Å². The molecular weight excluding hydrogens is 319 g/mol. The lowest BCUT2D eigenvalue weighted by Gasteiger charge is -2.41. The fourth-order valence-corrected chi connectivity index (χ4v) is 4.01. The lowest BCUT2D eigenvalue weighted by Crippen LogP contribution is -2.53. The molecule has 3 rings (SSSR count). The van der Waals surface area contributed by atoms with Crippen molar-refractivity contribution in [3.8, 4) is 5.75 Å². The molecule has 2 aliphatic heterocycles. The quantitative estimate of drug-likeness (QED) is 0.848. The average Bonchev–Trinajstić information content (AvgIpc) is 2.57. The second-order valence-electron chi connectivity index (χ2n) is 7.60. The minimum atomic E-state index is -0.251. The standard InChI is InChI=1S/C20H29FN2O2/c1-14(2)23-10-9-18-16(12-23)6-4-3-5-15-11-17(21)7-8-19(15)25-13-20(24)22-18/h7-8,11,14,16,18H,3-6,9-10,12-13H2,1-2H3,(H,22,24)/t16-,18+/m1/s1. The molecule has 0 aliphatic carbocycles. The number of carbonyl (C=O) groups is 1. The fraction of sp³-hybridized carbons (Fsp3) is 0.650. The Morgan fingerprint density at radius 3 is 2.92 bits per heavy atom. The number of benzene rings is 1. The summed E-state index contributed by atoms with van der Waals surface area (Å²) >= 11 is 0. The van der Waals surface area contributed by atoms with Gasteiger partial charge >= 0.3 is 0 Å². The van der Waals surface area contributed by atoms with Crippen LogP contribution in [0.5, 0.6) is 5.75 Å². The van der Waals surface area contributed by atoms with E-state index in [0.29, 0.717) is 17.7 Å². The Hall–Kier alpha value is -1.62. The molecule has 0 aromatic heterocycles. The number of amides is 1. The van der Waals surface area contributed by atoms with E-state index in [9.17, 15) is 9.18 Å². The van der Waals surface area contributed by atoms with Gasteiger partial charge in [0, 0.05) is 25.2 Å². The zero-order valence-corrected chi connectivity index (χ0v) is 15.3. The lowest BCUT2D eigenvalue weighted by molar-refractivity contribution is -0.124. The zero-order chi connectivity index (χ0) is 17.8. The molecule has 1 aromatic rings. The van der Waals surface area contributed by atoms with Crippen molar-refractivity contribution >= 4 is 5.91 Å². The van der Waals surface area contributed by atoms with Gasteiger partial charge in [-0.3, -0.25) is 4.79 Å². The van der Waals surface area contributed by atoms with Crippen molar-refractivity contribution in [1.29, 1.82) is 0 Å².